The summed E-state index contributed by atoms with van der Waals surface area (Å²) in [6, 6.07) is 5.60. The van der Waals surface area contributed by atoms with Crippen molar-refractivity contribution in [2.24, 2.45) is 0 Å². The second kappa shape index (κ2) is 4.90. The number of likely N-dealkylation sites (N-methyl/N-ethyl adjacent to an activating group) is 1. The first kappa shape index (κ1) is 13.1. The quantitative estimate of drug-likeness (QED) is 0.823. The van der Waals surface area contributed by atoms with Gasteiger partial charge in [-0.25, -0.2) is 0 Å². The minimum Gasteiger partial charge on any atom is -0.394 e. The summed E-state index contributed by atoms with van der Waals surface area (Å²) >= 11 is 0. The highest BCUT2D eigenvalue weighted by Crippen LogP contribution is 2.34. The molecule has 20 heavy (non-hydrogen) atoms. The Labute approximate surface area is 117 Å². The third-order valence-corrected chi connectivity index (χ3v) is 4.26. The molecule has 1 amide bonds. The van der Waals surface area contributed by atoms with Crippen molar-refractivity contribution in [1.29, 1.82) is 0 Å². The highest BCUT2D eigenvalue weighted by atomic mass is 16.3. The smallest absolute Gasteiger partial charge is 0.299 e. The van der Waals surface area contributed by atoms with Crippen molar-refractivity contribution in [3.8, 4) is 0 Å². The highest BCUT2D eigenvalue weighted by Gasteiger charge is 2.34. The molecule has 1 unspecified atom stereocenters. The van der Waals surface area contributed by atoms with Crippen LogP contribution in [0.3, 0.4) is 0 Å². The Balaban J connectivity index is 1.97. The molecule has 0 radical (unpaired) electrons. The molecule has 2 heterocycles. The van der Waals surface area contributed by atoms with E-state index < -0.39 is 11.7 Å². The SMILES string of the molecule is CN1C(=O)C(=O)c2ccc(N3CCCCC3CO)cc21. The van der Waals surface area contributed by atoms with Crippen molar-refractivity contribution in [3.05, 3.63) is 23.8 Å². The van der Waals surface area contributed by atoms with Gasteiger partial charge in [0.05, 0.1) is 23.9 Å². The van der Waals surface area contributed by atoms with Gasteiger partial charge in [0, 0.05) is 19.3 Å². The van der Waals surface area contributed by atoms with Crippen molar-refractivity contribution in [1.82, 2.24) is 0 Å². The van der Waals surface area contributed by atoms with Crippen LogP contribution in [0, 0.1) is 0 Å². The molecule has 0 aliphatic carbocycles. The molecule has 106 valence electrons. The van der Waals surface area contributed by atoms with E-state index in [1.807, 2.05) is 12.1 Å². The summed E-state index contributed by atoms with van der Waals surface area (Å²) in [6.07, 6.45) is 3.20. The van der Waals surface area contributed by atoms with Gasteiger partial charge in [-0.15, -0.1) is 0 Å². The summed E-state index contributed by atoms with van der Waals surface area (Å²) in [5.74, 6) is -0.916. The summed E-state index contributed by atoms with van der Waals surface area (Å²) < 4.78 is 0. The van der Waals surface area contributed by atoms with Gasteiger partial charge in [-0.05, 0) is 37.5 Å². The number of Topliss-reactive ketones (excluding diaryl/α,β-unsaturated/α-hetero) is 1. The van der Waals surface area contributed by atoms with Crippen LogP contribution < -0.4 is 9.80 Å². The maximum absolute atomic E-state index is 11.8. The number of fused-ring (bicyclic) bond motifs is 1. The van der Waals surface area contributed by atoms with Gasteiger partial charge in [-0.2, -0.15) is 0 Å². The van der Waals surface area contributed by atoms with Gasteiger partial charge in [-0.3, -0.25) is 9.59 Å². The van der Waals surface area contributed by atoms with E-state index in [1.54, 1.807) is 13.1 Å². The van der Waals surface area contributed by atoms with E-state index in [2.05, 4.69) is 4.90 Å². The molecular formula is C15H18N2O3. The molecule has 3 rings (SSSR count). The molecule has 2 aliphatic rings. The summed E-state index contributed by atoms with van der Waals surface area (Å²) in [5.41, 5.74) is 2.11. The lowest BCUT2D eigenvalue weighted by Gasteiger charge is -2.36. The fourth-order valence-corrected chi connectivity index (χ4v) is 3.08. The number of rotatable bonds is 2. The minimum absolute atomic E-state index is 0.125. The maximum Gasteiger partial charge on any atom is 0.299 e. The number of piperidine rings is 1. The number of benzene rings is 1. The van der Waals surface area contributed by atoms with E-state index in [0.29, 0.717) is 11.3 Å². The second-order valence-corrected chi connectivity index (χ2v) is 5.42. The summed E-state index contributed by atoms with van der Waals surface area (Å²) in [7, 11) is 1.62. The molecule has 5 nitrogen and oxygen atoms in total. The highest BCUT2D eigenvalue weighted by molar-refractivity contribution is 6.52. The number of ketones is 1. The lowest BCUT2D eigenvalue weighted by molar-refractivity contribution is -0.114. The number of aliphatic hydroxyl groups excluding tert-OH is 1. The van der Waals surface area contributed by atoms with Crippen molar-refractivity contribution >= 4 is 23.1 Å². The summed E-state index contributed by atoms with van der Waals surface area (Å²) in [6.45, 7) is 1.03. The number of nitrogens with zero attached hydrogens (tertiary/aromatic N) is 2. The Morgan fingerprint density at radius 2 is 2.10 bits per heavy atom. The zero-order chi connectivity index (χ0) is 14.3. The second-order valence-electron chi connectivity index (χ2n) is 5.42. The standard InChI is InChI=1S/C15H18N2O3/c1-16-13-8-10(5-6-12(13)14(19)15(16)20)17-7-3-2-4-11(17)9-18/h5-6,8,11,18H,2-4,7,9H2,1H3. The summed E-state index contributed by atoms with van der Waals surface area (Å²) in [5, 5.41) is 9.49. The molecule has 0 spiro atoms. The van der Waals surface area contributed by atoms with Crippen LogP contribution in [-0.2, 0) is 4.79 Å². The molecule has 0 bridgehead atoms. The van der Waals surface area contributed by atoms with E-state index in [0.717, 1.165) is 31.5 Å². The largest absolute Gasteiger partial charge is 0.394 e. The number of carbonyl (C=O) groups excluding carboxylic acids is 2. The number of anilines is 2. The maximum atomic E-state index is 11.8. The van der Waals surface area contributed by atoms with Gasteiger partial charge >= 0.3 is 0 Å². The van der Waals surface area contributed by atoms with Gasteiger partial charge in [-0.1, -0.05) is 0 Å². The van der Waals surface area contributed by atoms with E-state index in [4.69, 9.17) is 0 Å². The Kier molecular flexibility index (Phi) is 3.22. The third kappa shape index (κ3) is 1.89. The molecule has 1 saturated heterocycles. The Morgan fingerprint density at radius 1 is 1.30 bits per heavy atom. The first-order valence-corrected chi connectivity index (χ1v) is 6.97. The van der Waals surface area contributed by atoms with Crippen molar-refractivity contribution in [3.63, 3.8) is 0 Å². The predicted octanol–water partition coefficient (Wildman–Crippen LogP) is 1.20. The van der Waals surface area contributed by atoms with E-state index >= 15 is 0 Å². The van der Waals surface area contributed by atoms with Gasteiger partial charge in [0.1, 0.15) is 0 Å². The summed E-state index contributed by atoms with van der Waals surface area (Å²) in [4.78, 5) is 27.0. The van der Waals surface area contributed by atoms with E-state index in [1.165, 1.54) is 4.90 Å². The predicted molar refractivity (Wildman–Crippen MR) is 76.3 cm³/mol. The molecular weight excluding hydrogens is 256 g/mol. The van der Waals surface area contributed by atoms with Crippen LogP contribution in [0.15, 0.2) is 18.2 Å². The van der Waals surface area contributed by atoms with Gasteiger partial charge in [0.2, 0.25) is 0 Å². The van der Waals surface area contributed by atoms with E-state index in [9.17, 15) is 14.7 Å². The normalized spacial score (nSPS) is 22.4. The van der Waals surface area contributed by atoms with Crippen LogP contribution in [0.4, 0.5) is 11.4 Å². The van der Waals surface area contributed by atoms with Crippen LogP contribution >= 0.6 is 0 Å². The van der Waals surface area contributed by atoms with Crippen LogP contribution in [0.1, 0.15) is 29.6 Å². The molecule has 1 atom stereocenters. The number of amides is 1. The molecule has 2 aliphatic heterocycles. The molecule has 0 aromatic heterocycles. The van der Waals surface area contributed by atoms with Crippen molar-refractivity contribution in [2.45, 2.75) is 25.3 Å². The number of carbonyl (C=O) groups is 2. The third-order valence-electron chi connectivity index (χ3n) is 4.26. The molecule has 0 saturated carbocycles. The number of hydrogen-bond donors (Lipinski definition) is 1. The lowest BCUT2D eigenvalue weighted by Crippen LogP contribution is -2.41. The van der Waals surface area contributed by atoms with Gasteiger partial charge < -0.3 is 14.9 Å². The van der Waals surface area contributed by atoms with Crippen LogP contribution in [-0.4, -0.2) is 43.0 Å². The van der Waals surface area contributed by atoms with Gasteiger partial charge in [0.25, 0.3) is 11.7 Å². The Morgan fingerprint density at radius 3 is 2.85 bits per heavy atom. The Hall–Kier alpha value is -1.88. The average Bonchev–Trinajstić information content (AvgIpc) is 2.71. The van der Waals surface area contributed by atoms with Crippen molar-refractivity contribution < 1.29 is 14.7 Å². The van der Waals surface area contributed by atoms with Crippen molar-refractivity contribution in [2.75, 3.05) is 30.0 Å². The fourth-order valence-electron chi connectivity index (χ4n) is 3.08. The molecule has 1 aromatic carbocycles. The molecule has 1 fully saturated rings. The topological polar surface area (TPSA) is 60.9 Å². The molecule has 1 N–H and O–H groups in total. The van der Waals surface area contributed by atoms with Crippen LogP contribution in [0.5, 0.6) is 0 Å². The first-order valence-electron chi connectivity index (χ1n) is 6.97. The molecule has 5 heteroatoms. The van der Waals surface area contributed by atoms with Crippen LogP contribution in [0.2, 0.25) is 0 Å². The van der Waals surface area contributed by atoms with E-state index in [-0.39, 0.29) is 12.6 Å². The number of aliphatic hydroxyl groups is 1. The lowest BCUT2D eigenvalue weighted by atomic mass is 10.0. The average molecular weight is 274 g/mol. The monoisotopic (exact) mass is 274 g/mol. The molecule has 1 aromatic rings. The zero-order valence-corrected chi connectivity index (χ0v) is 11.5. The number of hydrogen-bond acceptors (Lipinski definition) is 4. The first-order chi connectivity index (χ1) is 9.63. The fraction of sp³-hybridized carbons (Fsp3) is 0.467. The van der Waals surface area contributed by atoms with Gasteiger partial charge in [0.15, 0.2) is 0 Å². The zero-order valence-electron chi connectivity index (χ0n) is 11.5. The minimum atomic E-state index is -0.477. The Bertz CT molecular complexity index is 570. The van der Waals surface area contributed by atoms with Crippen LogP contribution in [0.25, 0.3) is 0 Å².